The van der Waals surface area contributed by atoms with Gasteiger partial charge in [0, 0.05) is 6.54 Å². The summed E-state index contributed by atoms with van der Waals surface area (Å²) in [5.74, 6) is 0.670. The van der Waals surface area contributed by atoms with Crippen LogP contribution in [0.2, 0.25) is 0 Å². The third kappa shape index (κ3) is 5.93. The first-order valence-electron chi connectivity index (χ1n) is 8.05. The molecule has 5 nitrogen and oxygen atoms in total. The van der Waals surface area contributed by atoms with Crippen LogP contribution < -0.4 is 5.32 Å². The summed E-state index contributed by atoms with van der Waals surface area (Å²) in [6.07, 6.45) is 4.41. The Labute approximate surface area is 130 Å². The lowest BCUT2D eigenvalue weighted by Gasteiger charge is -2.34. The fourth-order valence-electron chi connectivity index (χ4n) is 3.12. The quantitative estimate of drug-likeness (QED) is 0.682. The molecule has 1 unspecified atom stereocenters. The molecule has 0 spiro atoms. The molecule has 0 aromatic rings. The van der Waals surface area contributed by atoms with Crippen molar-refractivity contribution >= 4 is 5.97 Å². The second kappa shape index (κ2) is 8.71. The summed E-state index contributed by atoms with van der Waals surface area (Å²) in [7, 11) is 7.58. The van der Waals surface area contributed by atoms with Gasteiger partial charge in [0.1, 0.15) is 5.54 Å². The molecule has 1 saturated heterocycles. The van der Waals surface area contributed by atoms with Crippen LogP contribution in [-0.2, 0) is 9.53 Å². The van der Waals surface area contributed by atoms with E-state index >= 15 is 0 Å². The summed E-state index contributed by atoms with van der Waals surface area (Å²) < 4.78 is 4.88. The van der Waals surface area contributed by atoms with Crippen LogP contribution in [0.3, 0.4) is 0 Å². The van der Waals surface area contributed by atoms with Crippen molar-refractivity contribution in [2.24, 2.45) is 5.92 Å². The highest BCUT2D eigenvalue weighted by Crippen LogP contribution is 2.19. The van der Waals surface area contributed by atoms with Gasteiger partial charge in [0.25, 0.3) is 0 Å². The number of piperidine rings is 1. The Kier molecular flexibility index (Phi) is 7.63. The van der Waals surface area contributed by atoms with E-state index in [1.807, 2.05) is 14.0 Å². The summed E-state index contributed by atoms with van der Waals surface area (Å²) in [6, 6.07) is 0. The van der Waals surface area contributed by atoms with Crippen molar-refractivity contribution in [2.45, 2.75) is 38.1 Å². The minimum Gasteiger partial charge on any atom is -0.468 e. The monoisotopic (exact) mass is 299 g/mol. The molecule has 0 bridgehead atoms. The summed E-state index contributed by atoms with van der Waals surface area (Å²) in [5, 5.41) is 3.10. The molecule has 0 saturated carbocycles. The van der Waals surface area contributed by atoms with Crippen molar-refractivity contribution in [1.29, 1.82) is 0 Å². The number of nitrogens with zero attached hydrogens (tertiary/aromatic N) is 2. The van der Waals surface area contributed by atoms with Gasteiger partial charge in [-0.1, -0.05) is 0 Å². The maximum atomic E-state index is 11.8. The lowest BCUT2D eigenvalue weighted by molar-refractivity contribution is -0.148. The van der Waals surface area contributed by atoms with E-state index in [0.717, 1.165) is 25.3 Å². The lowest BCUT2D eigenvalue weighted by Crippen LogP contribution is -2.48. The van der Waals surface area contributed by atoms with Gasteiger partial charge in [-0.15, -0.1) is 0 Å². The third-order valence-electron chi connectivity index (χ3n) is 4.67. The maximum Gasteiger partial charge on any atom is 0.325 e. The summed E-state index contributed by atoms with van der Waals surface area (Å²) in [4.78, 5) is 16.6. The number of rotatable bonds is 8. The molecule has 0 aliphatic carbocycles. The van der Waals surface area contributed by atoms with Crippen LogP contribution in [0.5, 0.6) is 0 Å². The minimum absolute atomic E-state index is 0.172. The molecule has 1 aliphatic heterocycles. The van der Waals surface area contributed by atoms with E-state index in [1.165, 1.54) is 39.6 Å². The first-order valence-corrected chi connectivity index (χ1v) is 8.05. The van der Waals surface area contributed by atoms with Crippen LogP contribution in [0.25, 0.3) is 0 Å². The van der Waals surface area contributed by atoms with Crippen molar-refractivity contribution in [3.8, 4) is 0 Å². The van der Waals surface area contributed by atoms with Gasteiger partial charge in [-0.2, -0.15) is 0 Å². The molecular weight excluding hydrogens is 266 g/mol. The average molecular weight is 299 g/mol. The smallest absolute Gasteiger partial charge is 0.325 e. The number of hydrogen-bond donors (Lipinski definition) is 1. The standard InChI is InChI=1S/C16H33N3O2/c1-16(17-2,15(20)21-5)9-6-10-19-11-7-14(8-12-19)13-18(3)4/h14,17H,6-13H2,1-5H3. The number of esters is 1. The van der Waals surface area contributed by atoms with Gasteiger partial charge in [0.05, 0.1) is 7.11 Å². The van der Waals surface area contributed by atoms with Crippen LogP contribution in [0.4, 0.5) is 0 Å². The highest BCUT2D eigenvalue weighted by Gasteiger charge is 2.32. The molecule has 0 amide bonds. The number of likely N-dealkylation sites (tertiary alicyclic amines) is 1. The Bertz CT molecular complexity index is 315. The molecule has 1 fully saturated rings. The number of carbonyl (C=O) groups excluding carboxylic acids is 1. The van der Waals surface area contributed by atoms with Gasteiger partial charge in [-0.05, 0) is 79.3 Å². The predicted octanol–water partition coefficient (Wildman–Crippen LogP) is 1.19. The Balaban J connectivity index is 2.26. The zero-order chi connectivity index (χ0) is 15.9. The topological polar surface area (TPSA) is 44.8 Å². The zero-order valence-corrected chi connectivity index (χ0v) is 14.4. The first-order chi connectivity index (χ1) is 9.91. The number of methoxy groups -OCH3 is 1. The highest BCUT2D eigenvalue weighted by molar-refractivity contribution is 5.80. The lowest BCUT2D eigenvalue weighted by atomic mass is 9.94. The average Bonchev–Trinajstić information content (AvgIpc) is 2.47. The van der Waals surface area contributed by atoms with E-state index in [2.05, 4.69) is 29.2 Å². The summed E-state index contributed by atoms with van der Waals surface area (Å²) >= 11 is 0. The Hall–Kier alpha value is -0.650. The second-order valence-electron chi connectivity index (χ2n) is 6.72. The van der Waals surface area contributed by atoms with E-state index in [4.69, 9.17) is 4.74 Å². The molecule has 0 aromatic heterocycles. The van der Waals surface area contributed by atoms with E-state index in [9.17, 15) is 4.79 Å². The third-order valence-corrected chi connectivity index (χ3v) is 4.67. The highest BCUT2D eigenvalue weighted by atomic mass is 16.5. The molecule has 1 N–H and O–H groups in total. The number of likely N-dealkylation sites (N-methyl/N-ethyl adjacent to an activating group) is 1. The number of ether oxygens (including phenoxy) is 1. The van der Waals surface area contributed by atoms with Gasteiger partial charge in [-0.3, -0.25) is 4.79 Å². The van der Waals surface area contributed by atoms with Crippen molar-refractivity contribution in [2.75, 3.05) is 54.4 Å². The second-order valence-corrected chi connectivity index (χ2v) is 6.72. The molecule has 0 radical (unpaired) electrons. The van der Waals surface area contributed by atoms with Gasteiger partial charge >= 0.3 is 5.97 Å². The van der Waals surface area contributed by atoms with Crippen molar-refractivity contribution in [3.63, 3.8) is 0 Å². The SMILES string of the molecule is CNC(C)(CCCN1CCC(CN(C)C)CC1)C(=O)OC. The largest absolute Gasteiger partial charge is 0.468 e. The molecule has 0 aromatic carbocycles. The van der Waals surface area contributed by atoms with E-state index in [1.54, 1.807) is 0 Å². The molecule has 1 heterocycles. The minimum atomic E-state index is -0.558. The van der Waals surface area contributed by atoms with Crippen molar-refractivity contribution in [1.82, 2.24) is 15.1 Å². The molecule has 21 heavy (non-hydrogen) atoms. The predicted molar refractivity (Wildman–Crippen MR) is 86.4 cm³/mol. The van der Waals surface area contributed by atoms with Crippen LogP contribution in [-0.4, -0.2) is 75.7 Å². The molecule has 1 atom stereocenters. The summed E-state index contributed by atoms with van der Waals surface area (Å²) in [6.45, 7) is 6.57. The first kappa shape index (κ1) is 18.4. The molecule has 1 rings (SSSR count). The number of carbonyl (C=O) groups is 1. The normalized spacial score (nSPS) is 20.5. The van der Waals surface area contributed by atoms with Crippen molar-refractivity contribution in [3.05, 3.63) is 0 Å². The zero-order valence-electron chi connectivity index (χ0n) is 14.4. The van der Waals surface area contributed by atoms with Gasteiger partial charge in [0.2, 0.25) is 0 Å². The van der Waals surface area contributed by atoms with Crippen molar-refractivity contribution < 1.29 is 9.53 Å². The summed E-state index contributed by atoms with van der Waals surface area (Å²) in [5.41, 5.74) is -0.558. The molecular formula is C16H33N3O2. The van der Waals surface area contributed by atoms with E-state index in [-0.39, 0.29) is 5.97 Å². The Morgan fingerprint density at radius 1 is 1.38 bits per heavy atom. The molecule has 5 heteroatoms. The van der Waals surface area contributed by atoms with Crippen LogP contribution >= 0.6 is 0 Å². The number of hydrogen-bond acceptors (Lipinski definition) is 5. The van der Waals surface area contributed by atoms with Gasteiger partial charge < -0.3 is 19.9 Å². The van der Waals surface area contributed by atoms with Gasteiger partial charge in [0.15, 0.2) is 0 Å². The molecule has 1 aliphatic rings. The van der Waals surface area contributed by atoms with E-state index in [0.29, 0.717) is 0 Å². The van der Waals surface area contributed by atoms with Gasteiger partial charge in [-0.25, -0.2) is 0 Å². The number of nitrogens with one attached hydrogen (secondary N) is 1. The van der Waals surface area contributed by atoms with Crippen LogP contribution in [0.1, 0.15) is 32.6 Å². The Morgan fingerprint density at radius 3 is 2.48 bits per heavy atom. The Morgan fingerprint density at radius 2 is 2.00 bits per heavy atom. The fraction of sp³-hybridized carbons (Fsp3) is 0.938. The van der Waals surface area contributed by atoms with Crippen LogP contribution in [0, 0.1) is 5.92 Å². The maximum absolute atomic E-state index is 11.8. The van der Waals surface area contributed by atoms with E-state index < -0.39 is 5.54 Å². The fourth-order valence-corrected chi connectivity index (χ4v) is 3.12. The molecule has 124 valence electrons. The van der Waals surface area contributed by atoms with Crippen LogP contribution in [0.15, 0.2) is 0 Å².